The molecule has 1 aromatic heterocycles. The molecule has 1 heterocycles. The summed E-state index contributed by atoms with van der Waals surface area (Å²) in [5, 5.41) is 0. The van der Waals surface area contributed by atoms with Crippen LogP contribution in [0, 0.1) is 12.8 Å². The van der Waals surface area contributed by atoms with E-state index >= 15 is 0 Å². The first-order valence-corrected chi connectivity index (χ1v) is 11.3. The predicted molar refractivity (Wildman–Crippen MR) is 102 cm³/mol. The second-order valence-corrected chi connectivity index (χ2v) is 10.0. The fourth-order valence-corrected chi connectivity index (χ4v) is 4.61. The Balaban J connectivity index is 1.57. The molecule has 1 amide bonds. The van der Waals surface area contributed by atoms with E-state index in [9.17, 15) is 13.2 Å². The van der Waals surface area contributed by atoms with Crippen molar-refractivity contribution in [1.82, 2.24) is 4.90 Å². The highest BCUT2D eigenvalue weighted by Crippen LogP contribution is 2.47. The van der Waals surface area contributed by atoms with Crippen LogP contribution in [0.25, 0.3) is 0 Å². The van der Waals surface area contributed by atoms with Crippen LogP contribution in [-0.2, 0) is 16.4 Å². The molecular weight excluding hydrogens is 362 g/mol. The number of carbonyl (C=O) groups is 1. The van der Waals surface area contributed by atoms with E-state index in [1.807, 2.05) is 17.0 Å². The summed E-state index contributed by atoms with van der Waals surface area (Å²) in [6.07, 6.45) is 4.29. The van der Waals surface area contributed by atoms with E-state index in [-0.39, 0.29) is 16.8 Å². The van der Waals surface area contributed by atoms with E-state index in [4.69, 9.17) is 4.42 Å². The number of benzene rings is 1. The van der Waals surface area contributed by atoms with E-state index in [0.29, 0.717) is 29.5 Å². The molecule has 0 aliphatic heterocycles. The Labute approximate surface area is 160 Å². The van der Waals surface area contributed by atoms with Crippen LogP contribution in [0.3, 0.4) is 0 Å². The van der Waals surface area contributed by atoms with E-state index in [2.05, 4.69) is 6.92 Å². The monoisotopic (exact) mass is 387 g/mol. The summed E-state index contributed by atoms with van der Waals surface area (Å²) in [6, 6.07) is 9.10. The maximum atomic E-state index is 13.1. The molecule has 0 bridgehead atoms. The van der Waals surface area contributed by atoms with Crippen LogP contribution in [-0.4, -0.2) is 31.5 Å². The van der Waals surface area contributed by atoms with Crippen LogP contribution in [0.15, 0.2) is 39.6 Å². The maximum absolute atomic E-state index is 13.1. The van der Waals surface area contributed by atoms with Crippen LogP contribution in [0.4, 0.5) is 0 Å². The first-order valence-electron chi connectivity index (χ1n) is 9.44. The number of furan rings is 1. The minimum Gasteiger partial charge on any atom is -0.464 e. The molecule has 27 heavy (non-hydrogen) atoms. The largest absolute Gasteiger partial charge is 0.464 e. The van der Waals surface area contributed by atoms with Gasteiger partial charge in [0.15, 0.2) is 9.84 Å². The number of amides is 1. The summed E-state index contributed by atoms with van der Waals surface area (Å²) in [5.74, 6) is 2.85. The Morgan fingerprint density at radius 3 is 2.52 bits per heavy atom. The molecule has 2 aliphatic carbocycles. The van der Waals surface area contributed by atoms with Gasteiger partial charge in [-0.2, -0.15) is 0 Å². The third-order valence-electron chi connectivity index (χ3n) is 5.57. The quantitative estimate of drug-likeness (QED) is 0.753. The van der Waals surface area contributed by atoms with Crippen molar-refractivity contribution >= 4 is 15.7 Å². The average molecular weight is 388 g/mol. The smallest absolute Gasteiger partial charge is 0.254 e. The Morgan fingerprint density at radius 1 is 1.22 bits per heavy atom. The van der Waals surface area contributed by atoms with Crippen molar-refractivity contribution in [3.8, 4) is 0 Å². The molecule has 0 radical (unpaired) electrons. The van der Waals surface area contributed by atoms with Crippen molar-refractivity contribution in [3.05, 3.63) is 53.0 Å². The van der Waals surface area contributed by atoms with Gasteiger partial charge < -0.3 is 9.32 Å². The van der Waals surface area contributed by atoms with Crippen LogP contribution in [0.5, 0.6) is 0 Å². The third kappa shape index (κ3) is 3.81. The number of hydrogen-bond donors (Lipinski definition) is 0. The average Bonchev–Trinajstić information content (AvgIpc) is 3.52. The van der Waals surface area contributed by atoms with Crippen molar-refractivity contribution in [3.63, 3.8) is 0 Å². The molecule has 4 rings (SSSR count). The zero-order valence-electron chi connectivity index (χ0n) is 15.9. The number of hydrogen-bond acceptors (Lipinski definition) is 4. The van der Waals surface area contributed by atoms with Gasteiger partial charge in [-0.25, -0.2) is 8.42 Å². The molecule has 0 unspecified atom stereocenters. The lowest BCUT2D eigenvalue weighted by Gasteiger charge is -2.22. The highest BCUT2D eigenvalue weighted by Gasteiger charge is 2.38. The van der Waals surface area contributed by atoms with Crippen LogP contribution in [0.2, 0.25) is 0 Å². The van der Waals surface area contributed by atoms with Gasteiger partial charge in [0.25, 0.3) is 5.91 Å². The van der Waals surface area contributed by atoms with Gasteiger partial charge in [-0.1, -0.05) is 13.0 Å². The standard InChI is InChI=1S/C21H25NO4S/c1-13-4-5-15(11-20(13)27(3,24)25)21(23)22(16-6-7-16)12-17-8-9-19(26-17)18-10-14(18)2/h4-5,8-9,11,14,16,18H,6-7,10,12H2,1-3H3/t14-,18-/m0/s1. The molecule has 2 aromatic rings. The van der Waals surface area contributed by atoms with Gasteiger partial charge in [-0.3, -0.25) is 4.79 Å². The number of sulfone groups is 1. The molecule has 5 nitrogen and oxygen atoms in total. The van der Waals surface area contributed by atoms with E-state index < -0.39 is 9.84 Å². The lowest BCUT2D eigenvalue weighted by Crippen LogP contribution is -2.32. The van der Waals surface area contributed by atoms with Crippen LogP contribution >= 0.6 is 0 Å². The summed E-state index contributed by atoms with van der Waals surface area (Å²) < 4.78 is 30.0. The number of aryl methyl sites for hydroxylation is 1. The van der Waals surface area contributed by atoms with Crippen LogP contribution < -0.4 is 0 Å². The summed E-state index contributed by atoms with van der Waals surface area (Å²) in [6.45, 7) is 4.38. The number of rotatable bonds is 6. The lowest BCUT2D eigenvalue weighted by molar-refractivity contribution is 0.0716. The highest BCUT2D eigenvalue weighted by atomic mass is 32.2. The van der Waals surface area contributed by atoms with Gasteiger partial charge in [0.2, 0.25) is 0 Å². The minimum atomic E-state index is -3.37. The van der Waals surface area contributed by atoms with Crippen molar-refractivity contribution in [2.24, 2.45) is 5.92 Å². The molecule has 2 aliphatic rings. The molecule has 1 aromatic carbocycles. The SMILES string of the molecule is Cc1ccc(C(=O)N(Cc2ccc([C@H]3C[C@@H]3C)o2)C2CC2)cc1S(C)(=O)=O. The molecule has 0 spiro atoms. The Bertz CT molecular complexity index is 987. The Kier molecular flexibility index (Phi) is 4.41. The summed E-state index contributed by atoms with van der Waals surface area (Å²) in [5.41, 5.74) is 1.07. The van der Waals surface area contributed by atoms with Gasteiger partial charge in [-0.15, -0.1) is 0 Å². The summed E-state index contributed by atoms with van der Waals surface area (Å²) in [7, 11) is -3.37. The zero-order chi connectivity index (χ0) is 19.3. The zero-order valence-corrected chi connectivity index (χ0v) is 16.8. The third-order valence-corrected chi connectivity index (χ3v) is 6.81. The molecular formula is C21H25NO4S. The molecule has 144 valence electrons. The van der Waals surface area contributed by atoms with Crippen molar-refractivity contribution in [2.45, 2.75) is 56.5 Å². The Morgan fingerprint density at radius 2 is 1.93 bits per heavy atom. The predicted octanol–water partition coefficient (Wildman–Crippen LogP) is 3.92. The van der Waals surface area contributed by atoms with Gasteiger partial charge in [0, 0.05) is 23.8 Å². The normalized spacial score (nSPS) is 21.9. The first-order chi connectivity index (χ1) is 12.7. The maximum Gasteiger partial charge on any atom is 0.254 e. The molecule has 2 fully saturated rings. The summed E-state index contributed by atoms with van der Waals surface area (Å²) in [4.78, 5) is 15.1. The Hall–Kier alpha value is -2.08. The van der Waals surface area contributed by atoms with Crippen molar-refractivity contribution in [1.29, 1.82) is 0 Å². The minimum absolute atomic E-state index is 0.139. The second kappa shape index (κ2) is 6.51. The van der Waals surface area contributed by atoms with Gasteiger partial charge in [0.1, 0.15) is 11.5 Å². The molecule has 6 heteroatoms. The van der Waals surface area contributed by atoms with Crippen LogP contribution in [0.1, 0.15) is 59.5 Å². The van der Waals surface area contributed by atoms with Crippen molar-refractivity contribution in [2.75, 3.05) is 6.26 Å². The van der Waals surface area contributed by atoms with Gasteiger partial charge in [-0.05, 0) is 61.9 Å². The van der Waals surface area contributed by atoms with Gasteiger partial charge in [0.05, 0.1) is 11.4 Å². The van der Waals surface area contributed by atoms with Gasteiger partial charge >= 0.3 is 0 Å². The van der Waals surface area contributed by atoms with Crippen molar-refractivity contribution < 1.29 is 17.6 Å². The number of carbonyl (C=O) groups excluding carboxylic acids is 1. The highest BCUT2D eigenvalue weighted by molar-refractivity contribution is 7.90. The van der Waals surface area contributed by atoms with E-state index in [1.54, 1.807) is 19.1 Å². The second-order valence-electron chi connectivity index (χ2n) is 8.04. The van der Waals surface area contributed by atoms with E-state index in [1.165, 1.54) is 12.3 Å². The topological polar surface area (TPSA) is 67.6 Å². The summed E-state index contributed by atoms with van der Waals surface area (Å²) >= 11 is 0. The molecule has 2 atom stereocenters. The van der Waals surface area contributed by atoms with E-state index in [0.717, 1.165) is 30.8 Å². The molecule has 0 N–H and O–H groups in total. The molecule has 2 saturated carbocycles. The fraction of sp³-hybridized carbons (Fsp3) is 0.476. The molecule has 0 saturated heterocycles. The fourth-order valence-electron chi connectivity index (χ4n) is 3.62. The first kappa shape index (κ1) is 18.3. The lowest BCUT2D eigenvalue weighted by atomic mass is 10.1. The number of nitrogens with zero attached hydrogens (tertiary/aromatic N) is 1.